The lowest BCUT2D eigenvalue weighted by molar-refractivity contribution is -0.137. The molecule has 8 heteroatoms. The van der Waals surface area contributed by atoms with Crippen LogP contribution in [0.25, 0.3) is 0 Å². The van der Waals surface area contributed by atoms with Crippen LogP contribution in [-0.2, 0) is 12.7 Å². The predicted octanol–water partition coefficient (Wildman–Crippen LogP) is 3.24. The maximum absolute atomic E-state index is 12.6. The molecule has 0 aliphatic rings. The summed E-state index contributed by atoms with van der Waals surface area (Å²) in [6.45, 7) is 2.54. The number of aromatic nitrogens is 2. The number of halogens is 4. The number of aryl methyl sites for hydroxylation is 1. The van der Waals surface area contributed by atoms with E-state index >= 15 is 0 Å². The van der Waals surface area contributed by atoms with Crippen LogP contribution in [0.15, 0.2) is 34.9 Å². The smallest absolute Gasteiger partial charge is 0.271 e. The van der Waals surface area contributed by atoms with Gasteiger partial charge in [-0.3, -0.25) is 10.5 Å². The van der Waals surface area contributed by atoms with E-state index in [9.17, 15) is 13.2 Å². The zero-order valence-corrected chi connectivity index (χ0v) is 12.7. The molecule has 1 aromatic heterocycles. The van der Waals surface area contributed by atoms with Crippen molar-refractivity contribution in [2.24, 2.45) is 5.84 Å². The van der Waals surface area contributed by atoms with Gasteiger partial charge in [0, 0.05) is 6.54 Å². The highest BCUT2D eigenvalue weighted by molar-refractivity contribution is 9.10. The topological polar surface area (TPSA) is 55.9 Å². The third-order valence-corrected chi connectivity index (χ3v) is 3.76. The molecule has 0 bridgehead atoms. The van der Waals surface area contributed by atoms with Crippen molar-refractivity contribution in [1.29, 1.82) is 0 Å². The Morgan fingerprint density at radius 3 is 2.43 bits per heavy atom. The number of alkyl halides is 3. The molecule has 3 N–H and O–H groups in total. The summed E-state index contributed by atoms with van der Waals surface area (Å²) < 4.78 is 40.3. The van der Waals surface area contributed by atoms with E-state index in [0.29, 0.717) is 12.1 Å². The standard InChI is InChI=1S/C13H14BrF3N4/c1-2-21-12(10(14)7-19-21)11(20-18)8-3-5-9(6-4-8)13(15,16)17/h3-7,11,20H,2,18H2,1H3. The average Bonchev–Trinajstić information content (AvgIpc) is 2.81. The molecule has 4 nitrogen and oxygen atoms in total. The van der Waals surface area contributed by atoms with Crippen LogP contribution >= 0.6 is 15.9 Å². The van der Waals surface area contributed by atoms with Crippen molar-refractivity contribution in [2.75, 3.05) is 0 Å². The third-order valence-electron chi connectivity index (χ3n) is 3.14. The SMILES string of the molecule is CCn1ncc(Br)c1C(NN)c1ccc(C(F)(F)F)cc1. The number of nitrogens with two attached hydrogens (primary N) is 1. The first kappa shape index (κ1) is 16.0. The molecule has 0 spiro atoms. The van der Waals surface area contributed by atoms with Crippen molar-refractivity contribution in [1.82, 2.24) is 15.2 Å². The van der Waals surface area contributed by atoms with Gasteiger partial charge >= 0.3 is 6.18 Å². The summed E-state index contributed by atoms with van der Waals surface area (Å²) in [6, 6.07) is 4.45. The van der Waals surface area contributed by atoms with Gasteiger partial charge in [-0.25, -0.2) is 5.43 Å². The minimum atomic E-state index is -4.35. The molecule has 21 heavy (non-hydrogen) atoms. The molecule has 1 atom stereocenters. The second-order valence-corrected chi connectivity index (χ2v) is 5.27. The van der Waals surface area contributed by atoms with Gasteiger partial charge in [0.15, 0.2) is 0 Å². The van der Waals surface area contributed by atoms with Crippen LogP contribution in [0.1, 0.15) is 29.8 Å². The third kappa shape index (κ3) is 3.28. The van der Waals surface area contributed by atoms with Gasteiger partial charge in [-0.1, -0.05) is 12.1 Å². The van der Waals surface area contributed by atoms with Gasteiger partial charge in [0.25, 0.3) is 0 Å². The van der Waals surface area contributed by atoms with Crippen LogP contribution in [0.5, 0.6) is 0 Å². The Balaban J connectivity index is 2.40. The fourth-order valence-corrected chi connectivity index (χ4v) is 2.63. The zero-order chi connectivity index (χ0) is 15.6. The highest BCUT2D eigenvalue weighted by Crippen LogP contribution is 2.32. The number of nitrogens with zero attached hydrogens (tertiary/aromatic N) is 2. The van der Waals surface area contributed by atoms with Crippen LogP contribution in [0.2, 0.25) is 0 Å². The summed E-state index contributed by atoms with van der Waals surface area (Å²) in [5.41, 5.74) is 3.32. The van der Waals surface area contributed by atoms with Crippen LogP contribution in [0.4, 0.5) is 13.2 Å². The summed E-state index contributed by atoms with van der Waals surface area (Å²) in [5.74, 6) is 5.58. The van der Waals surface area contributed by atoms with Crippen molar-refractivity contribution in [3.63, 3.8) is 0 Å². The molecule has 2 aromatic rings. The van der Waals surface area contributed by atoms with Crippen LogP contribution in [0, 0.1) is 0 Å². The quantitative estimate of drug-likeness (QED) is 0.648. The lowest BCUT2D eigenvalue weighted by atomic mass is 10.0. The van der Waals surface area contributed by atoms with E-state index in [4.69, 9.17) is 5.84 Å². The Bertz CT molecular complexity index is 607. The fraction of sp³-hybridized carbons (Fsp3) is 0.308. The van der Waals surface area contributed by atoms with Gasteiger partial charge in [0.1, 0.15) is 0 Å². The maximum atomic E-state index is 12.6. The van der Waals surface area contributed by atoms with E-state index in [1.54, 1.807) is 10.9 Å². The first-order chi connectivity index (χ1) is 9.88. The summed E-state index contributed by atoms with van der Waals surface area (Å²) in [7, 11) is 0. The van der Waals surface area contributed by atoms with Crippen molar-refractivity contribution < 1.29 is 13.2 Å². The van der Waals surface area contributed by atoms with Gasteiger partial charge in [-0.05, 0) is 40.5 Å². The Kier molecular flexibility index (Phi) is 4.70. The zero-order valence-electron chi connectivity index (χ0n) is 11.2. The molecule has 114 valence electrons. The molecule has 1 aromatic carbocycles. The molecule has 0 saturated heterocycles. The largest absolute Gasteiger partial charge is 0.416 e. The van der Waals surface area contributed by atoms with Gasteiger partial charge in [-0.15, -0.1) is 0 Å². The second kappa shape index (κ2) is 6.17. The normalized spacial score (nSPS) is 13.4. The molecule has 0 saturated carbocycles. The lowest BCUT2D eigenvalue weighted by Gasteiger charge is -2.19. The number of rotatable bonds is 4. The van der Waals surface area contributed by atoms with Crippen molar-refractivity contribution in [2.45, 2.75) is 25.7 Å². The molecule has 0 radical (unpaired) electrons. The van der Waals surface area contributed by atoms with Gasteiger partial charge < -0.3 is 0 Å². The number of benzene rings is 1. The molecular weight excluding hydrogens is 349 g/mol. The molecule has 0 aliphatic carbocycles. The Labute approximate surface area is 128 Å². The minimum absolute atomic E-state index is 0.455. The van der Waals surface area contributed by atoms with E-state index < -0.39 is 17.8 Å². The first-order valence-electron chi connectivity index (χ1n) is 6.23. The molecule has 0 aliphatic heterocycles. The molecule has 0 fully saturated rings. The summed E-state index contributed by atoms with van der Waals surface area (Å²) in [4.78, 5) is 0. The molecule has 2 rings (SSSR count). The fourth-order valence-electron chi connectivity index (χ4n) is 2.11. The van der Waals surface area contributed by atoms with Crippen LogP contribution in [0.3, 0.4) is 0 Å². The minimum Gasteiger partial charge on any atom is -0.271 e. The van der Waals surface area contributed by atoms with E-state index in [1.165, 1.54) is 12.1 Å². The van der Waals surface area contributed by atoms with Crippen molar-refractivity contribution in [3.8, 4) is 0 Å². The highest BCUT2D eigenvalue weighted by Gasteiger charge is 2.30. The molecule has 0 amide bonds. The van der Waals surface area contributed by atoms with E-state index in [-0.39, 0.29) is 0 Å². The Morgan fingerprint density at radius 1 is 1.33 bits per heavy atom. The van der Waals surface area contributed by atoms with Crippen LogP contribution in [-0.4, -0.2) is 9.78 Å². The lowest BCUT2D eigenvalue weighted by Crippen LogP contribution is -2.31. The summed E-state index contributed by atoms with van der Waals surface area (Å²) >= 11 is 3.38. The van der Waals surface area contributed by atoms with Gasteiger partial charge in [0.2, 0.25) is 0 Å². The highest BCUT2D eigenvalue weighted by atomic mass is 79.9. The average molecular weight is 363 g/mol. The predicted molar refractivity (Wildman–Crippen MR) is 76.2 cm³/mol. The van der Waals surface area contributed by atoms with Gasteiger partial charge in [-0.2, -0.15) is 18.3 Å². The first-order valence-corrected chi connectivity index (χ1v) is 7.02. The Morgan fingerprint density at radius 2 is 1.95 bits per heavy atom. The van der Waals surface area contributed by atoms with E-state index in [0.717, 1.165) is 22.3 Å². The van der Waals surface area contributed by atoms with Crippen LogP contribution < -0.4 is 11.3 Å². The number of hydrazine groups is 1. The number of hydrogen-bond acceptors (Lipinski definition) is 3. The second-order valence-electron chi connectivity index (χ2n) is 4.41. The summed E-state index contributed by atoms with van der Waals surface area (Å²) in [5, 5.41) is 4.18. The monoisotopic (exact) mass is 362 g/mol. The van der Waals surface area contributed by atoms with E-state index in [1.807, 2.05) is 6.92 Å². The molecule has 1 heterocycles. The van der Waals surface area contributed by atoms with Crippen molar-refractivity contribution >= 4 is 15.9 Å². The Hall–Kier alpha value is -1.38. The number of hydrogen-bond donors (Lipinski definition) is 2. The summed E-state index contributed by atoms with van der Waals surface area (Å²) in [6.07, 6.45) is -2.72. The molecule has 1 unspecified atom stereocenters. The number of nitrogens with one attached hydrogen (secondary N) is 1. The van der Waals surface area contributed by atoms with Gasteiger partial charge in [0.05, 0.1) is 28.0 Å². The van der Waals surface area contributed by atoms with Crippen molar-refractivity contribution in [3.05, 3.63) is 51.8 Å². The van der Waals surface area contributed by atoms with E-state index in [2.05, 4.69) is 26.5 Å². The maximum Gasteiger partial charge on any atom is 0.416 e. The molecular formula is C13H14BrF3N4.